The van der Waals surface area contributed by atoms with Crippen molar-refractivity contribution in [3.8, 4) is 0 Å². The summed E-state index contributed by atoms with van der Waals surface area (Å²) >= 11 is 5.67. The SMILES string of the molecule is O=S(=O)(Nc1nccc(Cl)n1)C1CCCCC1. The number of nitrogens with one attached hydrogen (secondary N) is 1. The summed E-state index contributed by atoms with van der Waals surface area (Å²) < 4.78 is 26.5. The third-order valence-electron chi connectivity index (χ3n) is 2.85. The first kappa shape index (κ1) is 12.6. The van der Waals surface area contributed by atoms with Crippen molar-refractivity contribution in [3.63, 3.8) is 0 Å². The van der Waals surface area contributed by atoms with Gasteiger partial charge in [0, 0.05) is 6.20 Å². The van der Waals surface area contributed by atoms with Crippen LogP contribution in [-0.4, -0.2) is 23.6 Å². The molecule has 0 atom stereocenters. The van der Waals surface area contributed by atoms with E-state index in [4.69, 9.17) is 11.6 Å². The second-order valence-corrected chi connectivity index (χ2v) is 6.46. The lowest BCUT2D eigenvalue weighted by Crippen LogP contribution is -2.30. The Hall–Kier alpha value is -0.880. The second-order valence-electron chi connectivity index (χ2n) is 4.11. The summed E-state index contributed by atoms with van der Waals surface area (Å²) in [5.41, 5.74) is 0. The van der Waals surface area contributed by atoms with E-state index in [1.54, 1.807) is 0 Å². The first-order valence-electron chi connectivity index (χ1n) is 5.58. The molecule has 0 bridgehead atoms. The largest absolute Gasteiger partial charge is 0.251 e. The standard InChI is InChI=1S/C10H14ClN3O2S/c11-9-6-7-12-10(13-9)14-17(15,16)8-4-2-1-3-5-8/h6-8H,1-5H2,(H,12,13,14). The van der Waals surface area contributed by atoms with Crippen molar-refractivity contribution >= 4 is 27.6 Å². The zero-order chi connectivity index (χ0) is 12.3. The molecule has 0 unspecified atom stereocenters. The Bertz CT molecular complexity index is 486. The topological polar surface area (TPSA) is 72.0 Å². The van der Waals surface area contributed by atoms with Gasteiger partial charge in [-0.1, -0.05) is 30.9 Å². The van der Waals surface area contributed by atoms with Crippen LogP contribution in [0.5, 0.6) is 0 Å². The van der Waals surface area contributed by atoms with E-state index in [9.17, 15) is 8.42 Å². The molecule has 0 amide bonds. The first-order chi connectivity index (χ1) is 8.08. The van der Waals surface area contributed by atoms with E-state index in [1.165, 1.54) is 12.3 Å². The number of hydrogen-bond donors (Lipinski definition) is 1. The van der Waals surface area contributed by atoms with Gasteiger partial charge in [-0.3, -0.25) is 4.72 Å². The Morgan fingerprint density at radius 2 is 2.00 bits per heavy atom. The summed E-state index contributed by atoms with van der Waals surface area (Å²) in [5, 5.41) is -0.111. The molecular weight excluding hydrogens is 262 g/mol. The zero-order valence-corrected chi connectivity index (χ0v) is 10.8. The molecule has 0 spiro atoms. The van der Waals surface area contributed by atoms with Crippen molar-refractivity contribution in [3.05, 3.63) is 17.4 Å². The highest BCUT2D eigenvalue weighted by atomic mass is 35.5. The van der Waals surface area contributed by atoms with E-state index in [1.807, 2.05) is 0 Å². The van der Waals surface area contributed by atoms with E-state index < -0.39 is 10.0 Å². The fourth-order valence-electron chi connectivity index (χ4n) is 1.97. The van der Waals surface area contributed by atoms with Crippen LogP contribution in [0.25, 0.3) is 0 Å². The molecule has 1 N–H and O–H groups in total. The summed E-state index contributed by atoms with van der Waals surface area (Å²) in [4.78, 5) is 7.65. The van der Waals surface area contributed by atoms with Crippen molar-refractivity contribution in [2.24, 2.45) is 0 Å². The third kappa shape index (κ3) is 3.29. The number of halogens is 1. The molecular formula is C10H14ClN3O2S. The minimum atomic E-state index is -3.39. The van der Waals surface area contributed by atoms with Gasteiger partial charge >= 0.3 is 0 Å². The van der Waals surface area contributed by atoms with Gasteiger partial charge in [0.15, 0.2) is 0 Å². The second kappa shape index (κ2) is 5.18. The highest BCUT2D eigenvalue weighted by Gasteiger charge is 2.27. The molecule has 1 aromatic rings. The summed E-state index contributed by atoms with van der Waals surface area (Å²) in [7, 11) is -3.39. The lowest BCUT2D eigenvalue weighted by Gasteiger charge is -2.21. The van der Waals surface area contributed by atoms with Crippen LogP contribution in [0.1, 0.15) is 32.1 Å². The van der Waals surface area contributed by atoms with Gasteiger partial charge in [0.1, 0.15) is 5.15 Å². The van der Waals surface area contributed by atoms with Crippen LogP contribution < -0.4 is 4.72 Å². The van der Waals surface area contributed by atoms with Crippen LogP contribution in [0, 0.1) is 0 Å². The van der Waals surface area contributed by atoms with Gasteiger partial charge in [-0.15, -0.1) is 0 Å². The van der Waals surface area contributed by atoms with Gasteiger partial charge in [0.25, 0.3) is 0 Å². The average molecular weight is 276 g/mol. The molecule has 0 radical (unpaired) electrons. The number of hydrogen-bond acceptors (Lipinski definition) is 4. The van der Waals surface area contributed by atoms with Crippen LogP contribution >= 0.6 is 11.6 Å². The molecule has 0 saturated heterocycles. The van der Waals surface area contributed by atoms with Crippen LogP contribution in [-0.2, 0) is 10.0 Å². The molecule has 7 heteroatoms. The van der Waals surface area contributed by atoms with E-state index in [-0.39, 0.29) is 16.4 Å². The van der Waals surface area contributed by atoms with Crippen LogP contribution in [0.2, 0.25) is 5.15 Å². The average Bonchev–Trinajstić information content (AvgIpc) is 2.29. The fraction of sp³-hybridized carbons (Fsp3) is 0.600. The summed E-state index contributed by atoms with van der Waals surface area (Å²) in [6.07, 6.45) is 5.86. The van der Waals surface area contributed by atoms with Gasteiger partial charge in [0.2, 0.25) is 16.0 Å². The van der Waals surface area contributed by atoms with Crippen LogP contribution in [0.4, 0.5) is 5.95 Å². The molecule has 5 nitrogen and oxygen atoms in total. The normalized spacial score (nSPS) is 17.9. The summed E-state index contributed by atoms with van der Waals surface area (Å²) in [5.74, 6) is 0.0445. The Balaban J connectivity index is 2.11. The number of anilines is 1. The molecule has 1 fully saturated rings. The van der Waals surface area contributed by atoms with Gasteiger partial charge in [-0.2, -0.15) is 0 Å². The van der Waals surface area contributed by atoms with Gasteiger partial charge in [-0.05, 0) is 18.9 Å². The molecule has 1 aliphatic carbocycles. The monoisotopic (exact) mass is 275 g/mol. The maximum absolute atomic E-state index is 12.0. The lowest BCUT2D eigenvalue weighted by molar-refractivity contribution is 0.486. The fourth-order valence-corrected chi connectivity index (χ4v) is 3.58. The Labute approximate surface area is 106 Å². The molecule has 1 heterocycles. The van der Waals surface area contributed by atoms with E-state index in [0.29, 0.717) is 12.8 Å². The maximum atomic E-state index is 12.0. The lowest BCUT2D eigenvalue weighted by atomic mass is 10.0. The quantitative estimate of drug-likeness (QED) is 0.859. The highest BCUT2D eigenvalue weighted by Crippen LogP contribution is 2.24. The van der Waals surface area contributed by atoms with E-state index in [2.05, 4.69) is 14.7 Å². The molecule has 17 heavy (non-hydrogen) atoms. The number of nitrogens with zero attached hydrogens (tertiary/aromatic N) is 2. The Morgan fingerprint density at radius 3 is 2.65 bits per heavy atom. The molecule has 1 aromatic heterocycles. The molecule has 1 aliphatic rings. The molecule has 0 aliphatic heterocycles. The van der Waals surface area contributed by atoms with Crippen molar-refractivity contribution < 1.29 is 8.42 Å². The number of sulfonamides is 1. The predicted molar refractivity (Wildman–Crippen MR) is 66.5 cm³/mol. The molecule has 1 saturated carbocycles. The molecule has 94 valence electrons. The predicted octanol–water partition coefficient (Wildman–Crippen LogP) is 2.20. The highest BCUT2D eigenvalue weighted by molar-refractivity contribution is 7.93. The number of aromatic nitrogens is 2. The summed E-state index contributed by atoms with van der Waals surface area (Å²) in [6, 6.07) is 1.50. The zero-order valence-electron chi connectivity index (χ0n) is 9.26. The number of rotatable bonds is 3. The van der Waals surface area contributed by atoms with Gasteiger partial charge in [-0.25, -0.2) is 18.4 Å². The third-order valence-corrected chi connectivity index (χ3v) is 4.87. The van der Waals surface area contributed by atoms with Gasteiger partial charge < -0.3 is 0 Å². The van der Waals surface area contributed by atoms with Crippen molar-refractivity contribution in [2.45, 2.75) is 37.4 Å². The summed E-state index contributed by atoms with van der Waals surface area (Å²) in [6.45, 7) is 0. The smallest absolute Gasteiger partial charge is 0.237 e. The Kier molecular flexibility index (Phi) is 3.83. The molecule has 2 rings (SSSR count). The van der Waals surface area contributed by atoms with Gasteiger partial charge in [0.05, 0.1) is 5.25 Å². The first-order valence-corrected chi connectivity index (χ1v) is 7.50. The van der Waals surface area contributed by atoms with Crippen LogP contribution in [0.15, 0.2) is 12.3 Å². The maximum Gasteiger partial charge on any atom is 0.237 e. The minimum absolute atomic E-state index is 0.0445. The Morgan fingerprint density at radius 1 is 1.29 bits per heavy atom. The van der Waals surface area contributed by atoms with E-state index >= 15 is 0 Å². The van der Waals surface area contributed by atoms with Crippen LogP contribution in [0.3, 0.4) is 0 Å². The van der Waals surface area contributed by atoms with Crippen molar-refractivity contribution in [2.75, 3.05) is 4.72 Å². The minimum Gasteiger partial charge on any atom is -0.251 e. The van der Waals surface area contributed by atoms with Crippen molar-refractivity contribution in [1.29, 1.82) is 0 Å². The molecule has 0 aromatic carbocycles. The van der Waals surface area contributed by atoms with E-state index in [0.717, 1.165) is 19.3 Å². The van der Waals surface area contributed by atoms with Crippen molar-refractivity contribution in [1.82, 2.24) is 9.97 Å².